The molecule has 0 fully saturated rings. The lowest BCUT2D eigenvalue weighted by molar-refractivity contribution is -0.146. The van der Waals surface area contributed by atoms with Crippen molar-refractivity contribution in [2.75, 3.05) is 6.61 Å². The summed E-state index contributed by atoms with van der Waals surface area (Å²) < 4.78 is 54.3. The normalized spacial score (nSPS) is 12.7. The third kappa shape index (κ3) is 7.62. The van der Waals surface area contributed by atoms with Crippen LogP contribution in [0.5, 0.6) is 17.2 Å². The third-order valence-electron chi connectivity index (χ3n) is 4.21. The third-order valence-corrected chi connectivity index (χ3v) is 4.21. The zero-order valence-electron chi connectivity index (χ0n) is 17.9. The van der Waals surface area contributed by atoms with Crippen molar-refractivity contribution in [2.45, 2.75) is 45.9 Å². The second-order valence-electron chi connectivity index (χ2n) is 7.93. The first-order valence-electron chi connectivity index (χ1n) is 9.79. The fourth-order valence-corrected chi connectivity index (χ4v) is 2.55. The van der Waals surface area contributed by atoms with E-state index in [0.717, 1.165) is 12.1 Å². The Bertz CT molecular complexity index is 885. The number of hydrogen-bond acceptors (Lipinski definition) is 5. The zero-order chi connectivity index (χ0) is 23.2. The standard InChI is InChI=1S/C23H26F3NO4/c1-5-15(20(27)21(28)31-22(2,3)4)14-29-17-10-12-19(13-11-17)30-18-8-6-16(7-9-18)23(24,25)26/h6-13,15,27H,5,14H2,1-4H3/t15-/m0/s1. The van der Waals surface area contributed by atoms with Crippen LogP contribution in [0.15, 0.2) is 48.5 Å². The number of alkyl halides is 3. The summed E-state index contributed by atoms with van der Waals surface area (Å²) in [5, 5.41) is 8.07. The van der Waals surface area contributed by atoms with Crippen molar-refractivity contribution in [3.05, 3.63) is 54.1 Å². The van der Waals surface area contributed by atoms with Crippen molar-refractivity contribution in [3.8, 4) is 17.2 Å². The highest BCUT2D eigenvalue weighted by atomic mass is 19.4. The zero-order valence-corrected chi connectivity index (χ0v) is 17.9. The summed E-state index contributed by atoms with van der Waals surface area (Å²) in [6.45, 7) is 7.21. The second-order valence-corrected chi connectivity index (χ2v) is 7.93. The predicted molar refractivity (Wildman–Crippen MR) is 111 cm³/mol. The van der Waals surface area contributed by atoms with Gasteiger partial charge in [-0.1, -0.05) is 6.92 Å². The first kappa shape index (κ1) is 24.2. The van der Waals surface area contributed by atoms with E-state index in [2.05, 4.69) is 0 Å². The lowest BCUT2D eigenvalue weighted by Gasteiger charge is -2.22. The van der Waals surface area contributed by atoms with Crippen LogP contribution < -0.4 is 9.47 Å². The number of halogens is 3. The minimum Gasteiger partial charge on any atom is -0.493 e. The topological polar surface area (TPSA) is 68.6 Å². The summed E-state index contributed by atoms with van der Waals surface area (Å²) in [4.78, 5) is 12.1. The molecule has 2 rings (SSSR count). The molecule has 0 saturated carbocycles. The van der Waals surface area contributed by atoms with Gasteiger partial charge in [-0.25, -0.2) is 4.79 Å². The van der Waals surface area contributed by atoms with E-state index in [1.54, 1.807) is 45.0 Å². The number of ether oxygens (including phenoxy) is 3. The molecular weight excluding hydrogens is 411 g/mol. The summed E-state index contributed by atoms with van der Waals surface area (Å²) in [7, 11) is 0. The van der Waals surface area contributed by atoms with E-state index < -0.39 is 29.2 Å². The van der Waals surface area contributed by atoms with Gasteiger partial charge in [0, 0.05) is 5.92 Å². The highest BCUT2D eigenvalue weighted by Gasteiger charge is 2.30. The van der Waals surface area contributed by atoms with Crippen LogP contribution in [0.4, 0.5) is 13.2 Å². The maximum atomic E-state index is 12.6. The molecule has 2 aromatic carbocycles. The summed E-state index contributed by atoms with van der Waals surface area (Å²) in [5.41, 5.74) is -1.56. The van der Waals surface area contributed by atoms with Gasteiger partial charge in [-0.05, 0) is 75.7 Å². The molecule has 0 amide bonds. The average Bonchev–Trinajstić information content (AvgIpc) is 2.68. The van der Waals surface area contributed by atoms with Crippen LogP contribution in [-0.4, -0.2) is 23.9 Å². The van der Waals surface area contributed by atoms with Crippen LogP contribution in [-0.2, 0) is 15.7 Å². The number of rotatable bonds is 8. The van der Waals surface area contributed by atoms with Gasteiger partial charge >= 0.3 is 12.1 Å². The fourth-order valence-electron chi connectivity index (χ4n) is 2.55. The van der Waals surface area contributed by atoms with E-state index in [1.165, 1.54) is 12.1 Å². The van der Waals surface area contributed by atoms with Gasteiger partial charge in [0.05, 0.1) is 12.2 Å². The van der Waals surface area contributed by atoms with Gasteiger partial charge < -0.3 is 14.2 Å². The molecule has 0 aliphatic heterocycles. The predicted octanol–water partition coefficient (Wildman–Crippen LogP) is 6.26. The molecule has 2 aromatic rings. The molecule has 0 heterocycles. The molecule has 0 saturated heterocycles. The Morgan fingerprint density at radius 2 is 1.42 bits per heavy atom. The first-order valence-corrected chi connectivity index (χ1v) is 9.79. The summed E-state index contributed by atoms with van der Waals surface area (Å²) in [6, 6.07) is 10.9. The van der Waals surface area contributed by atoms with E-state index in [4.69, 9.17) is 19.6 Å². The van der Waals surface area contributed by atoms with Crippen LogP contribution in [0.25, 0.3) is 0 Å². The van der Waals surface area contributed by atoms with E-state index in [-0.39, 0.29) is 18.1 Å². The highest BCUT2D eigenvalue weighted by Crippen LogP contribution is 2.31. The molecule has 0 bridgehead atoms. The number of esters is 1. The van der Waals surface area contributed by atoms with E-state index in [1.807, 2.05) is 6.92 Å². The molecule has 0 aromatic heterocycles. The molecule has 1 N–H and O–H groups in total. The fraction of sp³-hybridized carbons (Fsp3) is 0.391. The summed E-state index contributed by atoms with van der Waals surface area (Å²) in [5.74, 6) is 0.135. The van der Waals surface area contributed by atoms with Crippen molar-refractivity contribution >= 4 is 11.7 Å². The molecule has 0 aliphatic carbocycles. The maximum Gasteiger partial charge on any atom is 0.416 e. The molecule has 0 unspecified atom stereocenters. The number of carbonyl (C=O) groups is 1. The number of hydrogen-bond donors (Lipinski definition) is 1. The monoisotopic (exact) mass is 437 g/mol. The maximum absolute atomic E-state index is 12.6. The minimum absolute atomic E-state index is 0.133. The second kappa shape index (κ2) is 9.85. The lowest BCUT2D eigenvalue weighted by atomic mass is 10.0. The average molecular weight is 437 g/mol. The Kier molecular flexibility index (Phi) is 7.70. The Morgan fingerprint density at radius 3 is 1.87 bits per heavy atom. The largest absolute Gasteiger partial charge is 0.493 e. The van der Waals surface area contributed by atoms with Crippen LogP contribution >= 0.6 is 0 Å². The van der Waals surface area contributed by atoms with Crippen LogP contribution in [0.3, 0.4) is 0 Å². The van der Waals surface area contributed by atoms with Crippen LogP contribution in [0.1, 0.15) is 39.7 Å². The SMILES string of the molecule is CC[C@@H](COc1ccc(Oc2ccc(C(F)(F)F)cc2)cc1)C(=N)C(=O)OC(C)(C)C. The Morgan fingerprint density at radius 1 is 0.935 bits per heavy atom. The van der Waals surface area contributed by atoms with E-state index >= 15 is 0 Å². The Labute approximate surface area is 179 Å². The number of benzene rings is 2. The molecule has 8 heteroatoms. The molecule has 0 aliphatic rings. The van der Waals surface area contributed by atoms with Crippen molar-refractivity contribution in [1.29, 1.82) is 5.41 Å². The van der Waals surface area contributed by atoms with E-state index in [0.29, 0.717) is 17.9 Å². The van der Waals surface area contributed by atoms with Gasteiger partial charge in [0.2, 0.25) is 0 Å². The molecule has 5 nitrogen and oxygen atoms in total. The number of nitrogens with one attached hydrogen (secondary N) is 1. The van der Waals surface area contributed by atoms with Crippen molar-refractivity contribution < 1.29 is 32.2 Å². The smallest absolute Gasteiger partial charge is 0.416 e. The van der Waals surface area contributed by atoms with Crippen molar-refractivity contribution in [1.82, 2.24) is 0 Å². The summed E-state index contributed by atoms with van der Waals surface area (Å²) in [6.07, 6.45) is -3.86. The molecule has 168 valence electrons. The van der Waals surface area contributed by atoms with Crippen LogP contribution in [0, 0.1) is 11.3 Å². The minimum atomic E-state index is -4.40. The molecular formula is C23H26F3NO4. The highest BCUT2D eigenvalue weighted by molar-refractivity contribution is 6.36. The van der Waals surface area contributed by atoms with Gasteiger partial charge in [-0.2, -0.15) is 13.2 Å². The van der Waals surface area contributed by atoms with Crippen molar-refractivity contribution in [3.63, 3.8) is 0 Å². The van der Waals surface area contributed by atoms with E-state index in [9.17, 15) is 18.0 Å². The number of carbonyl (C=O) groups excluding carboxylic acids is 1. The molecule has 0 spiro atoms. The quantitative estimate of drug-likeness (QED) is 0.391. The Hall–Kier alpha value is -3.03. The molecule has 1 atom stereocenters. The summed E-state index contributed by atoms with van der Waals surface area (Å²) >= 11 is 0. The lowest BCUT2D eigenvalue weighted by Crippen LogP contribution is -2.34. The molecule has 0 radical (unpaired) electrons. The van der Waals surface area contributed by atoms with Gasteiger partial charge in [0.25, 0.3) is 0 Å². The van der Waals surface area contributed by atoms with Gasteiger partial charge in [0.1, 0.15) is 28.6 Å². The van der Waals surface area contributed by atoms with Crippen molar-refractivity contribution in [2.24, 2.45) is 5.92 Å². The van der Waals surface area contributed by atoms with Gasteiger partial charge in [0.15, 0.2) is 0 Å². The molecule has 31 heavy (non-hydrogen) atoms. The van der Waals surface area contributed by atoms with Crippen LogP contribution in [0.2, 0.25) is 0 Å². The van der Waals surface area contributed by atoms with Gasteiger partial charge in [-0.15, -0.1) is 0 Å². The van der Waals surface area contributed by atoms with Gasteiger partial charge in [-0.3, -0.25) is 5.41 Å². The first-order chi connectivity index (χ1) is 14.4. The Balaban J connectivity index is 1.93.